The maximum absolute atomic E-state index is 12.1. The van der Waals surface area contributed by atoms with Crippen LogP contribution in [0.3, 0.4) is 0 Å². The first-order valence-electron chi connectivity index (χ1n) is 7.15. The molecule has 19 heavy (non-hydrogen) atoms. The maximum Gasteiger partial charge on any atom is 0.410 e. The Hall–Kier alpha value is -0.810. The Morgan fingerprint density at radius 2 is 2.26 bits per heavy atom. The summed E-state index contributed by atoms with van der Waals surface area (Å²) in [6, 6.07) is 0. The van der Waals surface area contributed by atoms with Gasteiger partial charge in [-0.1, -0.05) is 0 Å². The van der Waals surface area contributed by atoms with Crippen LogP contribution in [0.2, 0.25) is 0 Å². The van der Waals surface area contributed by atoms with Crippen molar-refractivity contribution in [3.63, 3.8) is 0 Å². The number of hydrogen-bond acceptors (Lipinski definition) is 4. The highest BCUT2D eigenvalue weighted by molar-refractivity contribution is 5.68. The van der Waals surface area contributed by atoms with Crippen molar-refractivity contribution in [2.24, 2.45) is 11.7 Å². The van der Waals surface area contributed by atoms with E-state index in [2.05, 4.69) is 0 Å². The smallest absolute Gasteiger partial charge is 0.410 e. The number of nitrogens with two attached hydrogens (primary N) is 1. The van der Waals surface area contributed by atoms with Crippen LogP contribution in [0.5, 0.6) is 0 Å². The minimum Gasteiger partial charge on any atom is -0.444 e. The average Bonchev–Trinajstić information content (AvgIpc) is 2.70. The van der Waals surface area contributed by atoms with Gasteiger partial charge < -0.3 is 20.1 Å². The fraction of sp³-hybridized carbons (Fsp3) is 0.929. The van der Waals surface area contributed by atoms with Gasteiger partial charge in [-0.15, -0.1) is 0 Å². The molecular weight excluding hydrogens is 244 g/mol. The van der Waals surface area contributed by atoms with E-state index in [9.17, 15) is 4.79 Å². The van der Waals surface area contributed by atoms with Gasteiger partial charge in [-0.2, -0.15) is 0 Å². The molecule has 2 N–H and O–H groups in total. The van der Waals surface area contributed by atoms with E-state index in [-0.39, 0.29) is 11.7 Å². The Morgan fingerprint density at radius 1 is 1.53 bits per heavy atom. The summed E-state index contributed by atoms with van der Waals surface area (Å²) >= 11 is 0. The van der Waals surface area contributed by atoms with Crippen LogP contribution in [0.25, 0.3) is 0 Å². The molecule has 2 aliphatic rings. The first kappa shape index (κ1) is 14.6. The van der Waals surface area contributed by atoms with Crippen molar-refractivity contribution in [1.82, 2.24) is 4.90 Å². The number of carbonyl (C=O) groups is 1. The lowest BCUT2D eigenvalue weighted by atomic mass is 9.87. The lowest BCUT2D eigenvalue weighted by Gasteiger charge is -2.40. The number of likely N-dealkylation sites (tertiary alicyclic amines) is 1. The molecular formula is C14H26N2O3. The summed E-state index contributed by atoms with van der Waals surface area (Å²) in [7, 11) is 0. The van der Waals surface area contributed by atoms with Crippen LogP contribution in [-0.4, -0.2) is 48.4 Å². The van der Waals surface area contributed by atoms with E-state index in [4.69, 9.17) is 15.2 Å². The van der Waals surface area contributed by atoms with E-state index in [1.54, 1.807) is 4.90 Å². The normalized spacial score (nSPS) is 31.8. The van der Waals surface area contributed by atoms with Gasteiger partial charge in [0.25, 0.3) is 0 Å². The molecule has 2 rings (SSSR count). The molecule has 0 aromatic heterocycles. The third-order valence-corrected chi connectivity index (χ3v) is 3.81. The van der Waals surface area contributed by atoms with Gasteiger partial charge in [0.1, 0.15) is 5.60 Å². The highest BCUT2D eigenvalue weighted by Crippen LogP contribution is 2.37. The summed E-state index contributed by atoms with van der Waals surface area (Å²) in [4.78, 5) is 13.9. The van der Waals surface area contributed by atoms with Crippen LogP contribution in [0.4, 0.5) is 4.79 Å². The fourth-order valence-electron chi connectivity index (χ4n) is 2.95. The number of nitrogens with zero attached hydrogens (tertiary/aromatic N) is 1. The molecule has 2 unspecified atom stereocenters. The summed E-state index contributed by atoms with van der Waals surface area (Å²) in [5.41, 5.74) is 5.09. The first-order chi connectivity index (χ1) is 8.84. The quantitative estimate of drug-likeness (QED) is 0.788. The van der Waals surface area contributed by atoms with E-state index in [1.165, 1.54) is 0 Å². The van der Waals surface area contributed by atoms with Gasteiger partial charge in [-0.05, 0) is 52.5 Å². The molecule has 1 amide bonds. The molecule has 0 aliphatic carbocycles. The van der Waals surface area contributed by atoms with E-state index in [0.717, 1.165) is 32.4 Å². The molecule has 110 valence electrons. The third kappa shape index (κ3) is 3.60. The number of carbonyl (C=O) groups excluding carboxylic acids is 1. The van der Waals surface area contributed by atoms with Crippen LogP contribution in [0.15, 0.2) is 0 Å². The molecule has 2 saturated heterocycles. The molecule has 0 bridgehead atoms. The monoisotopic (exact) mass is 270 g/mol. The van der Waals surface area contributed by atoms with Crippen molar-refractivity contribution >= 4 is 6.09 Å². The largest absolute Gasteiger partial charge is 0.444 e. The number of rotatable bonds is 1. The first-order valence-corrected chi connectivity index (χ1v) is 7.15. The van der Waals surface area contributed by atoms with Crippen LogP contribution < -0.4 is 5.73 Å². The topological polar surface area (TPSA) is 64.8 Å². The minimum atomic E-state index is -0.446. The van der Waals surface area contributed by atoms with Gasteiger partial charge in [0.05, 0.1) is 18.8 Å². The van der Waals surface area contributed by atoms with Gasteiger partial charge in [0, 0.05) is 6.54 Å². The second-order valence-corrected chi connectivity index (χ2v) is 6.81. The SMILES string of the molecule is CC(C)(C)OC(=O)N1CCCC2(CC(CN)CO2)C1. The van der Waals surface area contributed by atoms with Gasteiger partial charge in [-0.25, -0.2) is 4.79 Å². The molecule has 5 heteroatoms. The Balaban J connectivity index is 1.96. The lowest BCUT2D eigenvalue weighted by molar-refractivity contribution is -0.0577. The Morgan fingerprint density at radius 3 is 2.84 bits per heavy atom. The summed E-state index contributed by atoms with van der Waals surface area (Å²) in [6.07, 6.45) is 2.72. The van der Waals surface area contributed by atoms with Gasteiger partial charge >= 0.3 is 6.09 Å². The van der Waals surface area contributed by atoms with E-state index in [0.29, 0.717) is 19.0 Å². The zero-order valence-corrected chi connectivity index (χ0v) is 12.3. The second-order valence-electron chi connectivity index (χ2n) is 6.81. The van der Waals surface area contributed by atoms with Crippen LogP contribution in [0.1, 0.15) is 40.0 Å². The summed E-state index contributed by atoms with van der Waals surface area (Å²) in [5.74, 6) is 0.429. The maximum atomic E-state index is 12.1. The Bertz CT molecular complexity index is 340. The highest BCUT2D eigenvalue weighted by Gasteiger charge is 2.44. The summed E-state index contributed by atoms with van der Waals surface area (Å²) < 4.78 is 11.4. The van der Waals surface area contributed by atoms with Crippen LogP contribution in [-0.2, 0) is 9.47 Å². The molecule has 2 aliphatic heterocycles. The summed E-state index contributed by atoms with van der Waals surface area (Å²) in [6.45, 7) is 8.45. The second kappa shape index (κ2) is 5.29. The summed E-state index contributed by atoms with van der Waals surface area (Å²) in [5, 5.41) is 0. The van der Waals surface area contributed by atoms with Crippen LogP contribution >= 0.6 is 0 Å². The number of amides is 1. The van der Waals surface area contributed by atoms with E-state index in [1.807, 2.05) is 20.8 Å². The van der Waals surface area contributed by atoms with E-state index >= 15 is 0 Å². The predicted octanol–water partition coefficient (Wildman–Crippen LogP) is 1.75. The molecule has 0 aromatic carbocycles. The van der Waals surface area contributed by atoms with Gasteiger partial charge in [-0.3, -0.25) is 0 Å². The molecule has 2 atom stereocenters. The van der Waals surface area contributed by atoms with E-state index < -0.39 is 5.60 Å². The average molecular weight is 270 g/mol. The van der Waals surface area contributed by atoms with Gasteiger partial charge in [0.15, 0.2) is 0 Å². The third-order valence-electron chi connectivity index (χ3n) is 3.81. The minimum absolute atomic E-state index is 0.181. The standard InChI is InChI=1S/C14H26N2O3/c1-13(2,3)19-12(17)16-6-4-5-14(10-16)7-11(8-15)9-18-14/h11H,4-10,15H2,1-3H3. The van der Waals surface area contributed by atoms with Gasteiger partial charge in [0.2, 0.25) is 0 Å². The number of piperidine rings is 1. The zero-order chi connectivity index (χ0) is 14.1. The molecule has 0 saturated carbocycles. The van der Waals surface area contributed by atoms with Crippen molar-refractivity contribution in [3.8, 4) is 0 Å². The lowest BCUT2D eigenvalue weighted by Crippen LogP contribution is -2.51. The molecule has 5 nitrogen and oxygen atoms in total. The van der Waals surface area contributed by atoms with Crippen molar-refractivity contribution < 1.29 is 14.3 Å². The Kier molecular flexibility index (Phi) is 4.06. The molecule has 2 fully saturated rings. The van der Waals surface area contributed by atoms with Crippen LogP contribution in [0, 0.1) is 5.92 Å². The van der Waals surface area contributed by atoms with Crippen molar-refractivity contribution in [1.29, 1.82) is 0 Å². The highest BCUT2D eigenvalue weighted by atomic mass is 16.6. The Labute approximate surface area is 115 Å². The number of ether oxygens (including phenoxy) is 2. The van der Waals surface area contributed by atoms with Crippen molar-refractivity contribution in [3.05, 3.63) is 0 Å². The zero-order valence-electron chi connectivity index (χ0n) is 12.3. The number of hydrogen-bond donors (Lipinski definition) is 1. The van der Waals surface area contributed by atoms with Crippen molar-refractivity contribution in [2.45, 2.75) is 51.2 Å². The molecule has 2 heterocycles. The fourth-order valence-corrected chi connectivity index (χ4v) is 2.95. The molecule has 0 radical (unpaired) electrons. The molecule has 0 aromatic rings. The van der Waals surface area contributed by atoms with Crippen molar-refractivity contribution in [2.75, 3.05) is 26.2 Å². The predicted molar refractivity (Wildman–Crippen MR) is 72.9 cm³/mol. The molecule has 1 spiro atoms.